The Hall–Kier alpha value is -1.72. The van der Waals surface area contributed by atoms with E-state index in [0.29, 0.717) is 12.1 Å². The van der Waals surface area contributed by atoms with Crippen molar-refractivity contribution in [3.63, 3.8) is 0 Å². The van der Waals surface area contributed by atoms with Crippen molar-refractivity contribution >= 4 is 5.97 Å². The molecule has 0 heterocycles. The molecule has 1 atom stereocenters. The fraction of sp³-hybridized carbons (Fsp3) is 0.222. The molecule has 0 amide bonds. The van der Waals surface area contributed by atoms with Crippen LogP contribution in [0.25, 0.3) is 0 Å². The van der Waals surface area contributed by atoms with E-state index in [0.717, 1.165) is 6.92 Å². The number of rotatable bonds is 3. The lowest BCUT2D eigenvalue weighted by Gasteiger charge is -2.11. The van der Waals surface area contributed by atoms with Crippen molar-refractivity contribution in [2.45, 2.75) is 13.0 Å². The van der Waals surface area contributed by atoms with Crippen LogP contribution in [0.4, 0.5) is 13.2 Å². The molecule has 15 heavy (non-hydrogen) atoms. The molecule has 1 aromatic rings. The predicted octanol–water partition coefficient (Wildman–Crippen LogP) is 1.96. The Labute approximate surface area is 83.1 Å². The fourth-order valence-electron chi connectivity index (χ4n) is 0.869. The van der Waals surface area contributed by atoms with Crippen LogP contribution in [-0.2, 0) is 4.79 Å². The summed E-state index contributed by atoms with van der Waals surface area (Å²) in [6.07, 6.45) is -1.42. The largest absolute Gasteiger partial charge is 0.479 e. The minimum absolute atomic E-state index is 0.410. The molecule has 0 aliphatic heterocycles. The number of ether oxygens (including phenoxy) is 1. The van der Waals surface area contributed by atoms with Gasteiger partial charge in [-0.1, -0.05) is 0 Å². The first-order valence-corrected chi connectivity index (χ1v) is 3.96. The first-order valence-electron chi connectivity index (χ1n) is 3.96. The molecule has 0 spiro atoms. The molecular weight excluding hydrogens is 213 g/mol. The third-order valence-electron chi connectivity index (χ3n) is 1.61. The van der Waals surface area contributed by atoms with E-state index in [-0.39, 0.29) is 0 Å². The van der Waals surface area contributed by atoms with E-state index in [1.54, 1.807) is 0 Å². The van der Waals surface area contributed by atoms with Crippen molar-refractivity contribution in [3.8, 4) is 5.75 Å². The molecular formula is C9H7F3O3. The third kappa shape index (κ3) is 2.61. The highest BCUT2D eigenvalue weighted by Crippen LogP contribution is 2.23. The zero-order valence-electron chi connectivity index (χ0n) is 7.63. The predicted molar refractivity (Wildman–Crippen MR) is 44.0 cm³/mol. The molecule has 1 unspecified atom stereocenters. The Morgan fingerprint density at radius 2 is 1.80 bits per heavy atom. The second-order valence-corrected chi connectivity index (χ2v) is 2.80. The van der Waals surface area contributed by atoms with Crippen molar-refractivity contribution in [1.29, 1.82) is 0 Å². The monoisotopic (exact) mass is 220 g/mol. The number of carboxylic acid groups (broad SMARTS) is 1. The summed E-state index contributed by atoms with van der Waals surface area (Å²) in [6, 6.07) is 0.819. The highest BCUT2D eigenvalue weighted by molar-refractivity contribution is 5.72. The van der Waals surface area contributed by atoms with Crippen LogP contribution in [0.2, 0.25) is 0 Å². The van der Waals surface area contributed by atoms with Crippen molar-refractivity contribution in [2.75, 3.05) is 0 Å². The number of hydrogen-bond donors (Lipinski definition) is 1. The van der Waals surface area contributed by atoms with Gasteiger partial charge in [-0.15, -0.1) is 0 Å². The van der Waals surface area contributed by atoms with Gasteiger partial charge >= 0.3 is 5.97 Å². The molecule has 82 valence electrons. The van der Waals surface area contributed by atoms with Gasteiger partial charge in [-0.25, -0.2) is 18.0 Å². The van der Waals surface area contributed by atoms with Crippen LogP contribution in [-0.4, -0.2) is 17.2 Å². The number of carbonyl (C=O) groups is 1. The van der Waals surface area contributed by atoms with Crippen molar-refractivity contribution in [1.82, 2.24) is 0 Å². The lowest BCUT2D eigenvalue weighted by molar-refractivity contribution is -0.144. The fourth-order valence-corrected chi connectivity index (χ4v) is 0.869. The maximum absolute atomic E-state index is 12.9. The molecule has 6 heteroatoms. The van der Waals surface area contributed by atoms with Crippen molar-refractivity contribution < 1.29 is 27.8 Å². The first kappa shape index (κ1) is 11.4. The number of aliphatic carboxylic acids is 1. The van der Waals surface area contributed by atoms with Crippen LogP contribution in [0.1, 0.15) is 6.92 Å². The zero-order valence-corrected chi connectivity index (χ0v) is 7.63. The van der Waals surface area contributed by atoms with Gasteiger partial charge in [0.15, 0.2) is 23.5 Å². The molecule has 0 bridgehead atoms. The average molecular weight is 220 g/mol. The van der Waals surface area contributed by atoms with Crippen molar-refractivity contribution in [2.24, 2.45) is 0 Å². The van der Waals surface area contributed by atoms with Gasteiger partial charge in [-0.2, -0.15) is 0 Å². The molecule has 0 aromatic heterocycles. The van der Waals surface area contributed by atoms with E-state index in [1.165, 1.54) is 0 Å². The summed E-state index contributed by atoms with van der Waals surface area (Å²) in [5.74, 6) is -5.93. The van der Waals surface area contributed by atoms with Crippen LogP contribution in [0.5, 0.6) is 5.75 Å². The van der Waals surface area contributed by atoms with E-state index in [1.807, 2.05) is 0 Å². The first-order chi connectivity index (χ1) is 6.91. The van der Waals surface area contributed by atoms with Crippen LogP contribution in [0, 0.1) is 17.5 Å². The van der Waals surface area contributed by atoms with Gasteiger partial charge in [-0.3, -0.25) is 0 Å². The second kappa shape index (κ2) is 4.20. The quantitative estimate of drug-likeness (QED) is 0.846. The minimum Gasteiger partial charge on any atom is -0.479 e. The number of carboxylic acids is 1. The summed E-state index contributed by atoms with van der Waals surface area (Å²) in [6.45, 7) is 1.10. The van der Waals surface area contributed by atoms with E-state index in [9.17, 15) is 18.0 Å². The SMILES string of the molecule is CC(Oc1c(F)cc(F)cc1F)C(=O)O. The summed E-state index contributed by atoms with van der Waals surface area (Å²) in [5.41, 5.74) is 0. The molecule has 1 aromatic carbocycles. The van der Waals surface area contributed by atoms with Crippen LogP contribution in [0.15, 0.2) is 12.1 Å². The topological polar surface area (TPSA) is 46.5 Å². The smallest absolute Gasteiger partial charge is 0.344 e. The zero-order chi connectivity index (χ0) is 11.6. The molecule has 0 aliphatic carbocycles. The van der Waals surface area contributed by atoms with Gasteiger partial charge in [0.1, 0.15) is 5.82 Å². The summed E-state index contributed by atoms with van der Waals surface area (Å²) in [4.78, 5) is 10.3. The van der Waals surface area contributed by atoms with Crippen LogP contribution >= 0.6 is 0 Å². The Kier molecular flexibility index (Phi) is 3.18. The molecule has 1 N–H and O–H groups in total. The molecule has 0 saturated carbocycles. The number of halogens is 3. The molecule has 1 rings (SSSR count). The van der Waals surface area contributed by atoms with Gasteiger partial charge in [0.25, 0.3) is 0 Å². The maximum Gasteiger partial charge on any atom is 0.344 e. The van der Waals surface area contributed by atoms with Crippen LogP contribution in [0.3, 0.4) is 0 Å². The van der Waals surface area contributed by atoms with Gasteiger partial charge in [0.05, 0.1) is 0 Å². The van der Waals surface area contributed by atoms with Crippen molar-refractivity contribution in [3.05, 3.63) is 29.6 Å². The minimum atomic E-state index is -1.42. The Balaban J connectivity index is 3.00. The van der Waals surface area contributed by atoms with E-state index >= 15 is 0 Å². The number of benzene rings is 1. The van der Waals surface area contributed by atoms with Gasteiger partial charge in [0, 0.05) is 12.1 Å². The number of hydrogen-bond acceptors (Lipinski definition) is 2. The molecule has 0 radical (unpaired) electrons. The molecule has 0 fully saturated rings. The summed E-state index contributed by atoms with van der Waals surface area (Å²) in [7, 11) is 0. The average Bonchev–Trinajstić information content (AvgIpc) is 2.10. The standard InChI is InChI=1S/C9H7F3O3/c1-4(9(13)14)15-8-6(11)2-5(10)3-7(8)12/h2-4H,1H3,(H,13,14). The lowest BCUT2D eigenvalue weighted by Crippen LogP contribution is -2.24. The summed E-state index contributed by atoms with van der Waals surface area (Å²) in [5, 5.41) is 8.44. The summed E-state index contributed by atoms with van der Waals surface area (Å²) >= 11 is 0. The van der Waals surface area contributed by atoms with E-state index in [4.69, 9.17) is 5.11 Å². The Morgan fingerprint density at radius 1 is 1.33 bits per heavy atom. The molecule has 3 nitrogen and oxygen atoms in total. The van der Waals surface area contributed by atoms with Gasteiger partial charge in [-0.05, 0) is 6.92 Å². The third-order valence-corrected chi connectivity index (χ3v) is 1.61. The maximum atomic E-state index is 12.9. The van der Waals surface area contributed by atoms with Gasteiger partial charge in [0.2, 0.25) is 0 Å². The van der Waals surface area contributed by atoms with E-state index < -0.39 is 35.3 Å². The highest BCUT2D eigenvalue weighted by Gasteiger charge is 2.19. The Bertz CT molecular complexity index is 369. The lowest BCUT2D eigenvalue weighted by atomic mass is 10.3. The van der Waals surface area contributed by atoms with Crippen LogP contribution < -0.4 is 4.74 Å². The normalized spacial score (nSPS) is 12.3. The second-order valence-electron chi connectivity index (χ2n) is 2.80. The Morgan fingerprint density at radius 3 is 2.20 bits per heavy atom. The van der Waals surface area contributed by atoms with E-state index in [2.05, 4.69) is 4.74 Å². The molecule has 0 saturated heterocycles. The van der Waals surface area contributed by atoms with Gasteiger partial charge < -0.3 is 9.84 Å². The molecule has 0 aliphatic rings. The highest BCUT2D eigenvalue weighted by atomic mass is 19.1. The summed E-state index contributed by atoms with van der Waals surface area (Å²) < 4.78 is 42.8.